The van der Waals surface area contributed by atoms with Gasteiger partial charge in [0.1, 0.15) is 0 Å². The van der Waals surface area contributed by atoms with Crippen LogP contribution in [0.3, 0.4) is 0 Å². The van der Waals surface area contributed by atoms with Crippen LogP contribution in [0.5, 0.6) is 0 Å². The van der Waals surface area contributed by atoms with E-state index in [0.29, 0.717) is 17.0 Å². The molecule has 0 radical (unpaired) electrons. The van der Waals surface area contributed by atoms with E-state index < -0.39 is 0 Å². The standard InChI is InChI=1S/C20H26N4O2/c25-19(21-15-9-3-1-2-4-10-15)17-16-11-5-6-14-24(16)18(22-17)20(26)23-12-7-8-13-23/h5-6,11,14-15H,1-4,7-10,12-13H2,(H,21,25). The number of carbonyl (C=O) groups is 2. The molecule has 138 valence electrons. The first kappa shape index (κ1) is 17.1. The number of amides is 2. The summed E-state index contributed by atoms with van der Waals surface area (Å²) in [5, 5.41) is 3.15. The molecule has 26 heavy (non-hydrogen) atoms. The van der Waals surface area contributed by atoms with Gasteiger partial charge in [0.05, 0.1) is 5.52 Å². The van der Waals surface area contributed by atoms with Gasteiger partial charge in [0, 0.05) is 25.3 Å². The maximum absolute atomic E-state index is 12.9. The van der Waals surface area contributed by atoms with Crippen LogP contribution in [0, 0.1) is 0 Å². The van der Waals surface area contributed by atoms with Crippen molar-refractivity contribution in [2.75, 3.05) is 13.1 Å². The summed E-state index contributed by atoms with van der Waals surface area (Å²) in [5.41, 5.74) is 1.05. The van der Waals surface area contributed by atoms with Gasteiger partial charge in [0.15, 0.2) is 5.69 Å². The lowest BCUT2D eigenvalue weighted by atomic mass is 10.1. The van der Waals surface area contributed by atoms with Gasteiger partial charge in [0.2, 0.25) is 5.82 Å². The molecule has 0 bridgehead atoms. The molecule has 1 aliphatic carbocycles. The molecular formula is C20H26N4O2. The second-order valence-electron chi connectivity index (χ2n) is 7.40. The molecule has 2 fully saturated rings. The number of pyridine rings is 1. The van der Waals surface area contributed by atoms with E-state index in [4.69, 9.17) is 0 Å². The molecule has 0 unspecified atom stereocenters. The van der Waals surface area contributed by atoms with E-state index in [0.717, 1.165) is 51.6 Å². The van der Waals surface area contributed by atoms with Gasteiger partial charge >= 0.3 is 0 Å². The van der Waals surface area contributed by atoms with Gasteiger partial charge in [-0.25, -0.2) is 4.98 Å². The van der Waals surface area contributed by atoms with Crippen LogP contribution in [0.25, 0.3) is 5.52 Å². The Kier molecular flexibility index (Phi) is 4.91. The highest BCUT2D eigenvalue weighted by Crippen LogP contribution is 2.20. The number of aromatic nitrogens is 2. The zero-order valence-corrected chi connectivity index (χ0v) is 15.1. The predicted molar refractivity (Wildman–Crippen MR) is 99.3 cm³/mol. The minimum Gasteiger partial charge on any atom is -0.348 e. The fraction of sp³-hybridized carbons (Fsp3) is 0.550. The van der Waals surface area contributed by atoms with Gasteiger partial charge in [-0.2, -0.15) is 0 Å². The highest BCUT2D eigenvalue weighted by Gasteiger charge is 2.27. The smallest absolute Gasteiger partial charge is 0.290 e. The molecule has 4 rings (SSSR count). The monoisotopic (exact) mass is 354 g/mol. The lowest BCUT2D eigenvalue weighted by Crippen LogP contribution is -2.34. The van der Waals surface area contributed by atoms with Gasteiger partial charge < -0.3 is 10.2 Å². The molecule has 2 aromatic heterocycles. The van der Waals surface area contributed by atoms with Crippen LogP contribution in [-0.4, -0.2) is 45.2 Å². The molecule has 1 saturated carbocycles. The van der Waals surface area contributed by atoms with Crippen LogP contribution >= 0.6 is 0 Å². The summed E-state index contributed by atoms with van der Waals surface area (Å²) in [4.78, 5) is 32.0. The van der Waals surface area contributed by atoms with Crippen LogP contribution < -0.4 is 5.32 Å². The average Bonchev–Trinajstić information content (AvgIpc) is 3.25. The molecule has 2 amide bonds. The minimum atomic E-state index is -0.166. The third kappa shape index (κ3) is 3.32. The lowest BCUT2D eigenvalue weighted by Gasteiger charge is -2.15. The van der Waals surface area contributed by atoms with Crippen LogP contribution in [0.15, 0.2) is 24.4 Å². The predicted octanol–water partition coefficient (Wildman–Crippen LogP) is 3.02. The van der Waals surface area contributed by atoms with Gasteiger partial charge in [-0.1, -0.05) is 31.7 Å². The zero-order valence-electron chi connectivity index (χ0n) is 15.1. The van der Waals surface area contributed by atoms with Gasteiger partial charge in [-0.05, 0) is 37.8 Å². The molecule has 0 spiro atoms. The Morgan fingerprint density at radius 2 is 1.73 bits per heavy atom. The number of carbonyl (C=O) groups excluding carboxylic acids is 2. The first-order valence-electron chi connectivity index (χ1n) is 9.81. The Morgan fingerprint density at radius 3 is 2.46 bits per heavy atom. The Labute approximate surface area is 153 Å². The molecule has 2 aliphatic rings. The second kappa shape index (κ2) is 7.48. The van der Waals surface area contributed by atoms with Crippen LogP contribution in [0.1, 0.15) is 72.5 Å². The lowest BCUT2D eigenvalue weighted by molar-refractivity contribution is 0.0780. The number of nitrogens with one attached hydrogen (secondary N) is 1. The molecule has 0 aromatic carbocycles. The normalized spacial score (nSPS) is 18.8. The Bertz CT molecular complexity index is 799. The number of likely N-dealkylation sites (tertiary alicyclic amines) is 1. The van der Waals surface area contributed by atoms with Crippen molar-refractivity contribution in [3.05, 3.63) is 35.9 Å². The summed E-state index contributed by atoms with van der Waals surface area (Å²) < 4.78 is 1.75. The van der Waals surface area contributed by atoms with Crippen LogP contribution in [0.4, 0.5) is 0 Å². The topological polar surface area (TPSA) is 66.7 Å². The Morgan fingerprint density at radius 1 is 1.00 bits per heavy atom. The molecule has 0 atom stereocenters. The maximum atomic E-state index is 12.9. The molecule has 1 N–H and O–H groups in total. The molecule has 1 saturated heterocycles. The van der Waals surface area contributed by atoms with Crippen molar-refractivity contribution in [2.24, 2.45) is 0 Å². The van der Waals surface area contributed by atoms with Crippen molar-refractivity contribution in [3.63, 3.8) is 0 Å². The van der Waals surface area contributed by atoms with E-state index in [9.17, 15) is 9.59 Å². The van der Waals surface area contributed by atoms with Crippen LogP contribution in [0.2, 0.25) is 0 Å². The van der Waals surface area contributed by atoms with E-state index in [2.05, 4.69) is 10.3 Å². The molecule has 6 heteroatoms. The number of nitrogens with zero attached hydrogens (tertiary/aromatic N) is 3. The van der Waals surface area contributed by atoms with E-state index in [1.807, 2.05) is 29.3 Å². The molecule has 2 aromatic rings. The zero-order chi connectivity index (χ0) is 17.9. The summed E-state index contributed by atoms with van der Waals surface area (Å²) in [6, 6.07) is 5.81. The molecule has 3 heterocycles. The highest BCUT2D eigenvalue weighted by atomic mass is 16.2. The highest BCUT2D eigenvalue weighted by molar-refractivity contribution is 6.02. The largest absolute Gasteiger partial charge is 0.348 e. The number of hydrogen-bond donors (Lipinski definition) is 1. The van der Waals surface area contributed by atoms with E-state index in [1.54, 1.807) is 4.40 Å². The molecule has 1 aliphatic heterocycles. The summed E-state index contributed by atoms with van der Waals surface area (Å²) in [7, 11) is 0. The first-order chi connectivity index (χ1) is 12.7. The minimum absolute atomic E-state index is 0.0859. The van der Waals surface area contributed by atoms with E-state index in [-0.39, 0.29) is 17.9 Å². The number of imidazole rings is 1. The quantitative estimate of drug-likeness (QED) is 0.862. The molecule has 6 nitrogen and oxygen atoms in total. The summed E-state index contributed by atoms with van der Waals surface area (Å²) in [6.07, 6.45) is 10.7. The van der Waals surface area contributed by atoms with Crippen molar-refractivity contribution in [1.29, 1.82) is 0 Å². The van der Waals surface area contributed by atoms with Crippen molar-refractivity contribution < 1.29 is 9.59 Å². The average molecular weight is 354 g/mol. The third-order valence-corrected chi connectivity index (χ3v) is 5.54. The maximum Gasteiger partial charge on any atom is 0.290 e. The number of rotatable bonds is 3. The van der Waals surface area contributed by atoms with Crippen molar-refractivity contribution >= 4 is 17.3 Å². The SMILES string of the molecule is O=C(NC1CCCCCC1)c1nc(C(=O)N2CCCC2)n2ccccc12. The van der Waals surface area contributed by atoms with Crippen molar-refractivity contribution in [1.82, 2.24) is 19.6 Å². The fourth-order valence-corrected chi connectivity index (χ4v) is 4.09. The van der Waals surface area contributed by atoms with Gasteiger partial charge in [-0.3, -0.25) is 14.0 Å². The van der Waals surface area contributed by atoms with E-state index in [1.165, 1.54) is 12.8 Å². The molecular weight excluding hydrogens is 328 g/mol. The Balaban J connectivity index is 1.62. The Hall–Kier alpha value is -2.37. The third-order valence-electron chi connectivity index (χ3n) is 5.54. The first-order valence-corrected chi connectivity index (χ1v) is 9.81. The summed E-state index contributed by atoms with van der Waals surface area (Å²) in [6.45, 7) is 1.54. The van der Waals surface area contributed by atoms with Gasteiger partial charge in [-0.15, -0.1) is 0 Å². The van der Waals surface area contributed by atoms with Crippen molar-refractivity contribution in [2.45, 2.75) is 57.4 Å². The van der Waals surface area contributed by atoms with Gasteiger partial charge in [0.25, 0.3) is 11.8 Å². The van der Waals surface area contributed by atoms with Crippen LogP contribution in [-0.2, 0) is 0 Å². The second-order valence-corrected chi connectivity index (χ2v) is 7.40. The van der Waals surface area contributed by atoms with E-state index >= 15 is 0 Å². The van der Waals surface area contributed by atoms with Crippen molar-refractivity contribution in [3.8, 4) is 0 Å². The fourth-order valence-electron chi connectivity index (χ4n) is 4.09. The number of fused-ring (bicyclic) bond motifs is 1. The number of hydrogen-bond acceptors (Lipinski definition) is 3. The summed E-state index contributed by atoms with van der Waals surface area (Å²) in [5.74, 6) is 0.0896. The summed E-state index contributed by atoms with van der Waals surface area (Å²) >= 11 is 0.